The minimum atomic E-state index is 0.0952. The third kappa shape index (κ3) is 3.85. The molecule has 0 spiro atoms. The highest BCUT2D eigenvalue weighted by Crippen LogP contribution is 2.29. The van der Waals surface area contributed by atoms with Crippen LogP contribution in [0, 0.1) is 6.92 Å². The fourth-order valence-corrected chi connectivity index (χ4v) is 2.01. The molecule has 110 valence electrons. The first-order valence-electron chi connectivity index (χ1n) is 7.03. The molecule has 0 radical (unpaired) electrons. The Labute approximate surface area is 125 Å². The molecule has 2 rings (SSSR count). The summed E-state index contributed by atoms with van der Waals surface area (Å²) in [6.07, 6.45) is 0.476. The molecule has 0 saturated heterocycles. The Hall–Kier alpha value is -2.29. The van der Waals surface area contributed by atoms with Crippen molar-refractivity contribution in [3.8, 4) is 11.5 Å². The van der Waals surface area contributed by atoms with Crippen molar-refractivity contribution in [3.63, 3.8) is 0 Å². The molecular weight excluding hydrogens is 264 g/mol. The molecule has 0 unspecified atom stereocenters. The SMILES string of the molecule is CCC(=O)c1ccc(OC)c(OCc2ccc(C)cc2)c1. The Morgan fingerprint density at radius 2 is 1.76 bits per heavy atom. The molecule has 0 N–H and O–H groups in total. The van der Waals surface area contributed by atoms with Gasteiger partial charge in [-0.2, -0.15) is 0 Å². The number of hydrogen-bond acceptors (Lipinski definition) is 3. The molecule has 0 aliphatic carbocycles. The predicted molar refractivity (Wildman–Crippen MR) is 83.1 cm³/mol. The first kappa shape index (κ1) is 15.1. The van der Waals surface area contributed by atoms with Gasteiger partial charge in [0, 0.05) is 12.0 Å². The number of ether oxygens (including phenoxy) is 2. The zero-order valence-corrected chi connectivity index (χ0v) is 12.7. The number of methoxy groups -OCH3 is 1. The smallest absolute Gasteiger partial charge is 0.162 e. The molecule has 3 heteroatoms. The van der Waals surface area contributed by atoms with Gasteiger partial charge in [-0.25, -0.2) is 0 Å². The van der Waals surface area contributed by atoms with Crippen LogP contribution < -0.4 is 9.47 Å². The van der Waals surface area contributed by atoms with Crippen molar-refractivity contribution in [2.45, 2.75) is 26.9 Å². The van der Waals surface area contributed by atoms with Gasteiger partial charge in [0.2, 0.25) is 0 Å². The van der Waals surface area contributed by atoms with E-state index in [1.165, 1.54) is 5.56 Å². The number of rotatable bonds is 6. The molecule has 0 atom stereocenters. The number of Topliss-reactive ketones (excluding diaryl/α,β-unsaturated/α-hetero) is 1. The van der Waals surface area contributed by atoms with Crippen molar-refractivity contribution in [2.24, 2.45) is 0 Å². The molecule has 3 nitrogen and oxygen atoms in total. The minimum Gasteiger partial charge on any atom is -0.493 e. The van der Waals surface area contributed by atoms with Crippen molar-refractivity contribution in [3.05, 3.63) is 59.2 Å². The van der Waals surface area contributed by atoms with Crippen LogP contribution in [-0.2, 0) is 6.61 Å². The van der Waals surface area contributed by atoms with Crippen molar-refractivity contribution in [2.75, 3.05) is 7.11 Å². The van der Waals surface area contributed by atoms with Gasteiger partial charge < -0.3 is 9.47 Å². The minimum absolute atomic E-state index is 0.0952. The van der Waals surface area contributed by atoms with Gasteiger partial charge in [-0.05, 0) is 30.7 Å². The van der Waals surface area contributed by atoms with E-state index in [0.717, 1.165) is 5.56 Å². The van der Waals surface area contributed by atoms with Crippen LogP contribution in [-0.4, -0.2) is 12.9 Å². The van der Waals surface area contributed by atoms with Crippen LogP contribution in [0.3, 0.4) is 0 Å². The van der Waals surface area contributed by atoms with Crippen LogP contribution in [0.1, 0.15) is 34.8 Å². The molecule has 2 aromatic rings. The summed E-state index contributed by atoms with van der Waals surface area (Å²) in [5.41, 5.74) is 2.94. The van der Waals surface area contributed by atoms with Gasteiger partial charge in [0.25, 0.3) is 0 Å². The Bertz CT molecular complexity index is 615. The molecule has 0 amide bonds. The summed E-state index contributed by atoms with van der Waals surface area (Å²) in [6, 6.07) is 13.4. The van der Waals surface area contributed by atoms with Crippen molar-refractivity contribution in [1.82, 2.24) is 0 Å². The second-order valence-corrected chi connectivity index (χ2v) is 4.92. The van der Waals surface area contributed by atoms with E-state index in [2.05, 4.69) is 0 Å². The average Bonchev–Trinajstić information content (AvgIpc) is 2.53. The van der Waals surface area contributed by atoms with E-state index in [1.807, 2.05) is 38.1 Å². The quantitative estimate of drug-likeness (QED) is 0.747. The third-order valence-corrected chi connectivity index (χ3v) is 3.32. The Kier molecular flexibility index (Phi) is 4.99. The number of carbonyl (C=O) groups excluding carboxylic acids is 1. The van der Waals surface area contributed by atoms with Gasteiger partial charge >= 0.3 is 0 Å². The van der Waals surface area contributed by atoms with Crippen molar-refractivity contribution < 1.29 is 14.3 Å². The standard InChI is InChI=1S/C18H20O3/c1-4-16(19)15-9-10-17(20-3)18(11-15)21-12-14-7-5-13(2)6-8-14/h5-11H,4,12H2,1-3H3. The van der Waals surface area contributed by atoms with Crippen LogP contribution in [0.4, 0.5) is 0 Å². The van der Waals surface area contributed by atoms with E-state index in [1.54, 1.807) is 25.3 Å². The number of benzene rings is 2. The van der Waals surface area contributed by atoms with E-state index >= 15 is 0 Å². The van der Waals surface area contributed by atoms with Crippen molar-refractivity contribution >= 4 is 5.78 Å². The zero-order valence-electron chi connectivity index (χ0n) is 12.7. The highest BCUT2D eigenvalue weighted by molar-refractivity contribution is 5.96. The summed E-state index contributed by atoms with van der Waals surface area (Å²) in [5.74, 6) is 1.32. The lowest BCUT2D eigenvalue weighted by Crippen LogP contribution is -2.01. The van der Waals surface area contributed by atoms with Crippen LogP contribution in [0.15, 0.2) is 42.5 Å². The molecule has 21 heavy (non-hydrogen) atoms. The second-order valence-electron chi connectivity index (χ2n) is 4.92. The highest BCUT2D eigenvalue weighted by atomic mass is 16.5. The van der Waals surface area contributed by atoms with Crippen LogP contribution in [0.2, 0.25) is 0 Å². The monoisotopic (exact) mass is 284 g/mol. The normalized spacial score (nSPS) is 10.2. The van der Waals surface area contributed by atoms with Gasteiger partial charge in [0.05, 0.1) is 7.11 Å². The highest BCUT2D eigenvalue weighted by Gasteiger charge is 2.10. The van der Waals surface area contributed by atoms with Gasteiger partial charge in [0.1, 0.15) is 6.61 Å². The number of aryl methyl sites for hydroxylation is 1. The first-order valence-corrected chi connectivity index (χ1v) is 7.03. The summed E-state index contributed by atoms with van der Waals surface area (Å²) in [6.45, 7) is 4.34. The van der Waals surface area contributed by atoms with Crippen molar-refractivity contribution in [1.29, 1.82) is 0 Å². The lowest BCUT2D eigenvalue weighted by molar-refractivity contribution is 0.0987. The van der Waals surface area contributed by atoms with Gasteiger partial charge in [-0.3, -0.25) is 4.79 Å². The maximum atomic E-state index is 11.8. The Morgan fingerprint density at radius 1 is 1.05 bits per heavy atom. The third-order valence-electron chi connectivity index (χ3n) is 3.32. The maximum absolute atomic E-state index is 11.8. The molecule has 0 aromatic heterocycles. The summed E-state index contributed by atoms with van der Waals surface area (Å²) in [4.78, 5) is 11.8. The number of hydrogen-bond donors (Lipinski definition) is 0. The first-order chi connectivity index (χ1) is 10.1. The largest absolute Gasteiger partial charge is 0.493 e. The summed E-state index contributed by atoms with van der Waals surface area (Å²) >= 11 is 0. The lowest BCUT2D eigenvalue weighted by Gasteiger charge is -2.12. The summed E-state index contributed by atoms with van der Waals surface area (Å²) in [5, 5.41) is 0. The fourth-order valence-electron chi connectivity index (χ4n) is 2.01. The van der Waals surface area contributed by atoms with Crippen LogP contribution in [0.5, 0.6) is 11.5 Å². The number of carbonyl (C=O) groups is 1. The summed E-state index contributed by atoms with van der Waals surface area (Å²) < 4.78 is 11.1. The summed E-state index contributed by atoms with van der Waals surface area (Å²) in [7, 11) is 1.59. The van der Waals surface area contributed by atoms with Gasteiger partial charge in [-0.15, -0.1) is 0 Å². The average molecular weight is 284 g/mol. The second kappa shape index (κ2) is 6.93. The molecular formula is C18H20O3. The molecule has 0 fully saturated rings. The zero-order chi connectivity index (χ0) is 15.2. The Morgan fingerprint density at radius 3 is 2.38 bits per heavy atom. The fraction of sp³-hybridized carbons (Fsp3) is 0.278. The Balaban J connectivity index is 2.17. The van der Waals surface area contributed by atoms with E-state index in [9.17, 15) is 4.79 Å². The van der Waals surface area contributed by atoms with E-state index in [-0.39, 0.29) is 5.78 Å². The molecule has 0 saturated carbocycles. The van der Waals surface area contributed by atoms with E-state index in [4.69, 9.17) is 9.47 Å². The van der Waals surface area contributed by atoms with E-state index < -0.39 is 0 Å². The molecule has 0 aliphatic rings. The van der Waals surface area contributed by atoms with Crippen LogP contribution in [0.25, 0.3) is 0 Å². The van der Waals surface area contributed by atoms with Crippen LogP contribution >= 0.6 is 0 Å². The topological polar surface area (TPSA) is 35.5 Å². The predicted octanol–water partition coefficient (Wildman–Crippen LogP) is 4.18. The molecule has 0 heterocycles. The molecule has 0 aliphatic heterocycles. The van der Waals surface area contributed by atoms with Gasteiger partial charge in [0.15, 0.2) is 17.3 Å². The van der Waals surface area contributed by atoms with Gasteiger partial charge in [-0.1, -0.05) is 36.8 Å². The lowest BCUT2D eigenvalue weighted by atomic mass is 10.1. The molecule has 2 aromatic carbocycles. The van der Waals surface area contributed by atoms with E-state index in [0.29, 0.717) is 30.1 Å². The maximum Gasteiger partial charge on any atom is 0.162 e. The number of ketones is 1. The molecule has 0 bridgehead atoms.